The first-order valence-corrected chi connectivity index (χ1v) is 18.5. The van der Waals surface area contributed by atoms with Crippen LogP contribution in [0.1, 0.15) is 67.1 Å². The third-order valence-electron chi connectivity index (χ3n) is 11.8. The first kappa shape index (κ1) is 38.8. The number of piperidine rings is 1. The summed E-state index contributed by atoms with van der Waals surface area (Å²) >= 11 is 0. The van der Waals surface area contributed by atoms with Crippen molar-refractivity contribution < 1.29 is 46.2 Å². The maximum atomic E-state index is 17.7. The molecule has 4 fully saturated rings. The zero-order chi connectivity index (χ0) is 37.9. The van der Waals surface area contributed by atoms with Crippen LogP contribution in [0.25, 0.3) is 0 Å². The van der Waals surface area contributed by atoms with Gasteiger partial charge in [-0.15, -0.1) is 0 Å². The molecular formula is C39H50F4N4O6. The van der Waals surface area contributed by atoms with Crippen molar-refractivity contribution in [3.63, 3.8) is 0 Å². The predicted octanol–water partition coefficient (Wildman–Crippen LogP) is 5.16. The van der Waals surface area contributed by atoms with Gasteiger partial charge in [0.05, 0.1) is 26.4 Å². The Morgan fingerprint density at radius 2 is 1.62 bits per heavy atom. The van der Waals surface area contributed by atoms with E-state index in [2.05, 4.69) is 15.0 Å². The number of hydrogen-bond acceptors (Lipinski definition) is 8. The summed E-state index contributed by atoms with van der Waals surface area (Å²) in [4.78, 5) is 44.4. The van der Waals surface area contributed by atoms with Crippen LogP contribution < -0.4 is 15.0 Å². The average Bonchev–Trinajstić information content (AvgIpc) is 3.93. The van der Waals surface area contributed by atoms with Crippen LogP contribution >= 0.6 is 0 Å². The molecule has 10 nitrogen and oxygen atoms in total. The van der Waals surface area contributed by atoms with E-state index in [0.717, 1.165) is 43.4 Å². The van der Waals surface area contributed by atoms with Gasteiger partial charge >= 0.3 is 12.1 Å². The standard InChI is InChI=1S/C39H50F4N4O6/c1-51-23-27-20-46(37(50)38(40)24-47(29-6-4-5-7-29)22-33(38)25-8-11-30(52-2)12-9-25)21-32(27)31-13-10-28(39(41,42)43)18-34(31)45-16-14-26(15-17-45)36(49)44-19-35(48)53-3/h8-13,18,26-27,29,32-33H,4-7,14-17,19-24H2,1-3H3,(H,44,49)/t27-,32+,33+,38+/m1/s1. The molecule has 3 heterocycles. The van der Waals surface area contributed by atoms with Gasteiger partial charge in [0.2, 0.25) is 11.6 Å². The summed E-state index contributed by atoms with van der Waals surface area (Å²) in [6.45, 7) is 1.31. The zero-order valence-corrected chi connectivity index (χ0v) is 30.6. The third-order valence-corrected chi connectivity index (χ3v) is 11.8. The summed E-state index contributed by atoms with van der Waals surface area (Å²) in [7, 11) is 4.33. The largest absolute Gasteiger partial charge is 0.497 e. The van der Waals surface area contributed by atoms with Crippen molar-refractivity contribution in [3.05, 3.63) is 59.2 Å². The number of ether oxygens (including phenoxy) is 3. The molecule has 4 aliphatic rings. The maximum Gasteiger partial charge on any atom is 0.416 e. The summed E-state index contributed by atoms with van der Waals surface area (Å²) in [5.74, 6) is -2.68. The fourth-order valence-electron chi connectivity index (χ4n) is 8.92. The molecule has 2 aromatic carbocycles. The molecule has 0 bridgehead atoms. The molecule has 4 atom stereocenters. The van der Waals surface area contributed by atoms with Gasteiger partial charge in [0, 0.05) is 81.8 Å². The van der Waals surface area contributed by atoms with Gasteiger partial charge in [-0.05, 0) is 61.1 Å². The number of carbonyl (C=O) groups excluding carboxylic acids is 3. The Labute approximate surface area is 308 Å². The van der Waals surface area contributed by atoms with Crippen LogP contribution in [0.5, 0.6) is 5.75 Å². The summed E-state index contributed by atoms with van der Waals surface area (Å²) in [5, 5.41) is 2.57. The van der Waals surface area contributed by atoms with Crippen LogP contribution in [0.15, 0.2) is 42.5 Å². The SMILES string of the molecule is COC[C@H]1CN(C(=O)[C@]2(F)CN(C3CCCC3)C[C@H]2c2ccc(OC)cc2)C[C@@H]1c1ccc(C(F)(F)F)cc1N1CCC(C(=O)NCC(=O)OC)CC1. The number of methoxy groups -OCH3 is 3. The van der Waals surface area contributed by atoms with Crippen molar-refractivity contribution in [2.24, 2.45) is 11.8 Å². The molecule has 1 N–H and O–H groups in total. The smallest absolute Gasteiger partial charge is 0.416 e. The van der Waals surface area contributed by atoms with E-state index in [0.29, 0.717) is 49.5 Å². The molecule has 3 aliphatic heterocycles. The highest BCUT2D eigenvalue weighted by Crippen LogP contribution is 2.47. The number of amides is 2. The third kappa shape index (κ3) is 8.28. The Hall–Kier alpha value is -3.91. The van der Waals surface area contributed by atoms with Crippen molar-refractivity contribution in [2.75, 3.05) is 78.6 Å². The van der Waals surface area contributed by atoms with Crippen LogP contribution in [0.4, 0.5) is 23.2 Å². The van der Waals surface area contributed by atoms with Gasteiger partial charge in [-0.3, -0.25) is 19.3 Å². The van der Waals surface area contributed by atoms with Gasteiger partial charge in [0.25, 0.3) is 5.91 Å². The number of hydrogen-bond donors (Lipinski definition) is 1. The van der Waals surface area contributed by atoms with Gasteiger partial charge in [-0.2, -0.15) is 13.2 Å². The monoisotopic (exact) mass is 746 g/mol. The first-order valence-electron chi connectivity index (χ1n) is 18.5. The van der Waals surface area contributed by atoms with Crippen LogP contribution in [0, 0.1) is 11.8 Å². The molecule has 0 spiro atoms. The molecule has 3 saturated heterocycles. The van der Waals surface area contributed by atoms with E-state index in [-0.39, 0.29) is 50.7 Å². The number of likely N-dealkylation sites (tertiary alicyclic amines) is 2. The highest BCUT2D eigenvalue weighted by molar-refractivity contribution is 5.88. The molecule has 0 radical (unpaired) electrons. The van der Waals surface area contributed by atoms with Crippen LogP contribution in [0.3, 0.4) is 0 Å². The Kier molecular flexibility index (Phi) is 11.9. The van der Waals surface area contributed by atoms with E-state index in [1.807, 2.05) is 17.0 Å². The fraction of sp³-hybridized carbons (Fsp3) is 0.615. The van der Waals surface area contributed by atoms with Gasteiger partial charge < -0.3 is 29.3 Å². The van der Waals surface area contributed by atoms with Crippen LogP contribution in [-0.4, -0.2) is 113 Å². The molecule has 1 saturated carbocycles. The van der Waals surface area contributed by atoms with Crippen molar-refractivity contribution in [3.8, 4) is 5.75 Å². The number of halogens is 4. The topological polar surface area (TPSA) is 101 Å². The van der Waals surface area contributed by atoms with Crippen LogP contribution in [0.2, 0.25) is 0 Å². The summed E-state index contributed by atoms with van der Waals surface area (Å²) in [6.07, 6.45) is 0.227. The van der Waals surface area contributed by atoms with Gasteiger partial charge in [0.1, 0.15) is 12.3 Å². The lowest BCUT2D eigenvalue weighted by Gasteiger charge is -2.36. The Morgan fingerprint density at radius 1 is 0.925 bits per heavy atom. The quantitative estimate of drug-likeness (QED) is 0.249. The second-order valence-electron chi connectivity index (χ2n) is 14.9. The van der Waals surface area contributed by atoms with Crippen LogP contribution in [-0.2, 0) is 30.0 Å². The van der Waals surface area contributed by atoms with E-state index < -0.39 is 47.0 Å². The number of anilines is 1. The molecule has 2 aromatic rings. The average molecular weight is 747 g/mol. The zero-order valence-electron chi connectivity index (χ0n) is 30.6. The number of rotatable bonds is 11. The second-order valence-corrected chi connectivity index (χ2v) is 14.9. The van der Waals surface area contributed by atoms with Crippen molar-refractivity contribution in [1.82, 2.24) is 15.1 Å². The maximum absolute atomic E-state index is 17.7. The lowest BCUT2D eigenvalue weighted by molar-refractivity contribution is -0.143. The van der Waals surface area contributed by atoms with Gasteiger partial charge in [-0.25, -0.2) is 4.39 Å². The van der Waals surface area contributed by atoms with E-state index in [1.165, 1.54) is 20.3 Å². The second kappa shape index (κ2) is 16.2. The molecular weight excluding hydrogens is 696 g/mol. The molecule has 1 aliphatic carbocycles. The summed E-state index contributed by atoms with van der Waals surface area (Å²) in [6, 6.07) is 11.1. The van der Waals surface area contributed by atoms with Crippen molar-refractivity contribution in [2.45, 2.75) is 68.2 Å². The van der Waals surface area contributed by atoms with Gasteiger partial charge in [-0.1, -0.05) is 31.0 Å². The molecule has 14 heteroatoms. The minimum Gasteiger partial charge on any atom is -0.497 e. The Balaban J connectivity index is 1.27. The molecule has 53 heavy (non-hydrogen) atoms. The molecule has 290 valence electrons. The highest BCUT2D eigenvalue weighted by atomic mass is 19.4. The van der Waals surface area contributed by atoms with Gasteiger partial charge in [0.15, 0.2) is 0 Å². The first-order chi connectivity index (χ1) is 25.4. The summed E-state index contributed by atoms with van der Waals surface area (Å²) in [5.41, 5.74) is -1.27. The van der Waals surface area contributed by atoms with E-state index in [4.69, 9.17) is 9.47 Å². The normalized spacial score (nSPS) is 25.9. The van der Waals surface area contributed by atoms with E-state index >= 15 is 4.39 Å². The van der Waals surface area contributed by atoms with E-state index in [9.17, 15) is 27.6 Å². The number of carbonyl (C=O) groups is 3. The highest BCUT2D eigenvalue weighted by Gasteiger charge is 2.57. The summed E-state index contributed by atoms with van der Waals surface area (Å²) < 4.78 is 75.5. The number of esters is 1. The minimum absolute atomic E-state index is 0.0169. The lowest BCUT2D eigenvalue weighted by atomic mass is 9.85. The Morgan fingerprint density at radius 3 is 2.25 bits per heavy atom. The Bertz CT molecular complexity index is 1610. The predicted molar refractivity (Wildman–Crippen MR) is 189 cm³/mol. The number of alkyl halides is 4. The minimum atomic E-state index is -4.59. The molecule has 0 unspecified atom stereocenters. The number of benzene rings is 2. The fourth-order valence-corrected chi connectivity index (χ4v) is 8.92. The van der Waals surface area contributed by atoms with Crippen molar-refractivity contribution in [1.29, 1.82) is 0 Å². The molecule has 6 rings (SSSR count). The molecule has 2 amide bonds. The van der Waals surface area contributed by atoms with E-state index in [1.54, 1.807) is 24.1 Å². The molecule has 0 aromatic heterocycles. The number of nitrogens with zero attached hydrogens (tertiary/aromatic N) is 3. The van der Waals surface area contributed by atoms with Crippen molar-refractivity contribution >= 4 is 23.5 Å². The lowest BCUT2D eigenvalue weighted by Crippen LogP contribution is -2.50. The number of nitrogens with one attached hydrogen (secondary N) is 1.